The first-order chi connectivity index (χ1) is 11.1. The van der Waals surface area contributed by atoms with Gasteiger partial charge in [-0.25, -0.2) is 0 Å². The van der Waals surface area contributed by atoms with Gasteiger partial charge < -0.3 is 20.1 Å². The summed E-state index contributed by atoms with van der Waals surface area (Å²) < 4.78 is 10.8. The van der Waals surface area contributed by atoms with E-state index in [0.717, 1.165) is 0 Å². The zero-order chi connectivity index (χ0) is 16.7. The molecule has 2 heterocycles. The summed E-state index contributed by atoms with van der Waals surface area (Å²) in [5.74, 6) is 1.57. The van der Waals surface area contributed by atoms with E-state index >= 15 is 0 Å². The Balaban J connectivity index is 2.18. The fraction of sp³-hybridized carbons (Fsp3) is 0.500. The number of aromatic nitrogens is 5. The molecule has 0 saturated heterocycles. The van der Waals surface area contributed by atoms with Gasteiger partial charge in [0, 0.05) is 24.7 Å². The number of hydrogen-bond acceptors (Lipinski definition) is 9. The normalized spacial score (nSPS) is 10.5. The van der Waals surface area contributed by atoms with E-state index in [1.807, 2.05) is 27.7 Å². The first-order valence-corrected chi connectivity index (χ1v) is 7.51. The molecule has 0 aromatic carbocycles. The maximum Gasteiger partial charge on any atom is 0.330 e. The summed E-state index contributed by atoms with van der Waals surface area (Å²) in [7, 11) is 0. The molecule has 0 bridgehead atoms. The van der Waals surface area contributed by atoms with Gasteiger partial charge in [0.15, 0.2) is 0 Å². The Bertz CT molecular complexity index is 619. The van der Waals surface area contributed by atoms with Gasteiger partial charge in [-0.1, -0.05) is 0 Å². The van der Waals surface area contributed by atoms with Crippen molar-refractivity contribution in [1.82, 2.24) is 25.1 Å². The fourth-order valence-electron chi connectivity index (χ4n) is 1.64. The predicted octanol–water partition coefficient (Wildman–Crippen LogP) is 2.10. The Morgan fingerprint density at radius 2 is 1.70 bits per heavy atom. The third-order valence-corrected chi connectivity index (χ3v) is 2.47. The summed E-state index contributed by atoms with van der Waals surface area (Å²) in [6.45, 7) is 9.04. The van der Waals surface area contributed by atoms with Gasteiger partial charge in [0.2, 0.25) is 23.7 Å². The smallest absolute Gasteiger partial charge is 0.330 e. The summed E-state index contributed by atoms with van der Waals surface area (Å²) in [6, 6.07) is 3.64. The molecule has 2 aromatic heterocycles. The van der Waals surface area contributed by atoms with Crippen molar-refractivity contribution in [2.45, 2.75) is 33.7 Å². The molecule has 23 heavy (non-hydrogen) atoms. The van der Waals surface area contributed by atoms with Crippen LogP contribution in [0.3, 0.4) is 0 Å². The molecular weight excluding hydrogens is 298 g/mol. The summed E-state index contributed by atoms with van der Waals surface area (Å²) in [6.07, 6.45) is 0. The molecule has 9 heteroatoms. The number of hydrogen-bond donors (Lipinski definition) is 2. The number of nitrogens with one attached hydrogen (secondary N) is 2. The van der Waals surface area contributed by atoms with Crippen LogP contribution in [-0.4, -0.2) is 44.3 Å². The molecule has 0 spiro atoms. The van der Waals surface area contributed by atoms with E-state index in [1.54, 1.807) is 12.1 Å². The van der Waals surface area contributed by atoms with Crippen LogP contribution in [0, 0.1) is 0 Å². The Morgan fingerprint density at radius 3 is 2.30 bits per heavy atom. The van der Waals surface area contributed by atoms with Crippen LogP contribution in [0.4, 0.5) is 11.9 Å². The molecule has 0 radical (unpaired) electrons. The molecule has 0 aliphatic heterocycles. The molecule has 0 saturated carbocycles. The standard InChI is InChI=1S/C14H21N7O2/c1-5-15-12-17-13(16-9(3)4)19-14(18-12)23-11-8-7-10(20-21-11)22-6-2/h7-9H,5-6H2,1-4H3,(H2,15,16,17,18,19). The molecule has 0 fully saturated rings. The van der Waals surface area contributed by atoms with Gasteiger partial charge in [0.25, 0.3) is 0 Å². The highest BCUT2D eigenvalue weighted by molar-refractivity contribution is 5.37. The first-order valence-electron chi connectivity index (χ1n) is 7.51. The highest BCUT2D eigenvalue weighted by Gasteiger charge is 2.10. The van der Waals surface area contributed by atoms with E-state index in [-0.39, 0.29) is 17.9 Å². The minimum absolute atomic E-state index is 0.137. The third kappa shape index (κ3) is 5.20. The van der Waals surface area contributed by atoms with Crippen molar-refractivity contribution in [2.24, 2.45) is 0 Å². The molecule has 0 amide bonds. The minimum Gasteiger partial charge on any atom is -0.477 e. The molecule has 2 aromatic rings. The lowest BCUT2D eigenvalue weighted by Crippen LogP contribution is -2.15. The third-order valence-electron chi connectivity index (χ3n) is 2.47. The van der Waals surface area contributed by atoms with E-state index in [2.05, 4.69) is 35.8 Å². The van der Waals surface area contributed by atoms with Crippen molar-refractivity contribution < 1.29 is 9.47 Å². The van der Waals surface area contributed by atoms with Gasteiger partial charge in [-0.3, -0.25) is 0 Å². The van der Waals surface area contributed by atoms with Crippen LogP contribution >= 0.6 is 0 Å². The second-order valence-corrected chi connectivity index (χ2v) is 4.84. The van der Waals surface area contributed by atoms with E-state index < -0.39 is 0 Å². The maximum atomic E-state index is 5.55. The second kappa shape index (κ2) is 8.06. The zero-order valence-electron chi connectivity index (χ0n) is 13.7. The number of rotatable bonds is 8. The van der Waals surface area contributed by atoms with E-state index in [4.69, 9.17) is 9.47 Å². The lowest BCUT2D eigenvalue weighted by molar-refractivity contribution is 0.318. The average Bonchev–Trinajstić information content (AvgIpc) is 2.49. The molecule has 0 atom stereocenters. The van der Waals surface area contributed by atoms with Crippen LogP contribution in [0.15, 0.2) is 12.1 Å². The van der Waals surface area contributed by atoms with Crippen molar-refractivity contribution >= 4 is 11.9 Å². The molecule has 0 unspecified atom stereocenters. The fourth-order valence-corrected chi connectivity index (χ4v) is 1.64. The summed E-state index contributed by atoms with van der Waals surface area (Å²) in [5.41, 5.74) is 0. The topological polar surface area (TPSA) is 107 Å². The number of nitrogens with zero attached hydrogens (tertiary/aromatic N) is 5. The van der Waals surface area contributed by atoms with Gasteiger partial charge in [0.05, 0.1) is 6.61 Å². The van der Waals surface area contributed by atoms with E-state index in [0.29, 0.717) is 30.9 Å². The summed E-state index contributed by atoms with van der Waals surface area (Å²) in [4.78, 5) is 12.7. The Hall–Kier alpha value is -2.71. The Labute approximate surface area is 134 Å². The largest absolute Gasteiger partial charge is 0.477 e. The van der Waals surface area contributed by atoms with Gasteiger partial charge in [-0.2, -0.15) is 15.0 Å². The molecule has 2 N–H and O–H groups in total. The maximum absolute atomic E-state index is 5.55. The molecule has 124 valence electrons. The highest BCUT2D eigenvalue weighted by atomic mass is 16.5. The van der Waals surface area contributed by atoms with Crippen LogP contribution in [0.25, 0.3) is 0 Å². The van der Waals surface area contributed by atoms with Crippen LogP contribution in [0.5, 0.6) is 17.8 Å². The quantitative estimate of drug-likeness (QED) is 0.756. The first kappa shape index (κ1) is 16.7. The van der Waals surface area contributed by atoms with Gasteiger partial charge in [0.1, 0.15) is 0 Å². The Kier molecular flexibility index (Phi) is 5.84. The molecule has 9 nitrogen and oxygen atoms in total. The van der Waals surface area contributed by atoms with Crippen molar-refractivity contribution in [3.05, 3.63) is 12.1 Å². The summed E-state index contributed by atoms with van der Waals surface area (Å²) >= 11 is 0. The molecule has 0 aliphatic carbocycles. The van der Waals surface area contributed by atoms with Crippen LogP contribution in [0.1, 0.15) is 27.7 Å². The monoisotopic (exact) mass is 319 g/mol. The van der Waals surface area contributed by atoms with E-state index in [1.165, 1.54) is 0 Å². The lowest BCUT2D eigenvalue weighted by Gasteiger charge is -2.11. The summed E-state index contributed by atoms with van der Waals surface area (Å²) in [5, 5.41) is 14.0. The Morgan fingerprint density at radius 1 is 1.00 bits per heavy atom. The van der Waals surface area contributed by atoms with Gasteiger partial charge >= 0.3 is 6.01 Å². The lowest BCUT2D eigenvalue weighted by atomic mass is 10.4. The van der Waals surface area contributed by atoms with Crippen molar-refractivity contribution in [3.8, 4) is 17.8 Å². The molecular formula is C14H21N7O2. The molecule has 0 aliphatic rings. The van der Waals surface area contributed by atoms with Crippen LogP contribution in [-0.2, 0) is 0 Å². The average molecular weight is 319 g/mol. The SMILES string of the molecule is CCNc1nc(NC(C)C)nc(Oc2ccc(OCC)nn2)n1. The van der Waals surface area contributed by atoms with Crippen LogP contribution < -0.4 is 20.1 Å². The van der Waals surface area contributed by atoms with Gasteiger partial charge in [-0.15, -0.1) is 10.2 Å². The van der Waals surface area contributed by atoms with Crippen molar-refractivity contribution in [1.29, 1.82) is 0 Å². The number of anilines is 2. The zero-order valence-corrected chi connectivity index (χ0v) is 13.7. The minimum atomic E-state index is 0.137. The van der Waals surface area contributed by atoms with Crippen molar-refractivity contribution in [3.63, 3.8) is 0 Å². The number of ether oxygens (including phenoxy) is 2. The van der Waals surface area contributed by atoms with E-state index in [9.17, 15) is 0 Å². The predicted molar refractivity (Wildman–Crippen MR) is 86.0 cm³/mol. The van der Waals surface area contributed by atoms with Crippen LogP contribution in [0.2, 0.25) is 0 Å². The van der Waals surface area contributed by atoms with Crippen molar-refractivity contribution in [2.75, 3.05) is 23.8 Å². The highest BCUT2D eigenvalue weighted by Crippen LogP contribution is 2.19. The second-order valence-electron chi connectivity index (χ2n) is 4.84. The van der Waals surface area contributed by atoms with Gasteiger partial charge in [-0.05, 0) is 27.7 Å². The molecule has 2 rings (SSSR count).